The van der Waals surface area contributed by atoms with E-state index in [4.69, 9.17) is 17.3 Å². The minimum Gasteiger partial charge on any atom is -0.343 e. The van der Waals surface area contributed by atoms with E-state index in [1.165, 1.54) is 11.6 Å². The van der Waals surface area contributed by atoms with Crippen LogP contribution in [-0.2, 0) is 13.0 Å². The maximum absolute atomic E-state index is 13.3. The molecular formula is C17H16ClFN2. The molecule has 3 rings (SSSR count). The molecule has 2 nitrogen and oxygen atoms in total. The fourth-order valence-electron chi connectivity index (χ4n) is 2.66. The van der Waals surface area contributed by atoms with Crippen molar-refractivity contribution < 1.29 is 4.39 Å². The molecule has 2 N–H and O–H groups in total. The van der Waals surface area contributed by atoms with Crippen LogP contribution in [0.1, 0.15) is 11.1 Å². The highest BCUT2D eigenvalue weighted by Crippen LogP contribution is 2.26. The lowest BCUT2D eigenvalue weighted by atomic mass is 10.1. The number of nitrogens with two attached hydrogens (primary N) is 1. The van der Waals surface area contributed by atoms with Crippen LogP contribution in [0.3, 0.4) is 0 Å². The van der Waals surface area contributed by atoms with Crippen LogP contribution in [0.5, 0.6) is 0 Å². The van der Waals surface area contributed by atoms with Crippen LogP contribution < -0.4 is 5.73 Å². The Kier molecular flexibility index (Phi) is 3.95. The van der Waals surface area contributed by atoms with Gasteiger partial charge < -0.3 is 10.3 Å². The fraction of sp³-hybridized carbons (Fsp3) is 0.176. The summed E-state index contributed by atoms with van der Waals surface area (Å²) in [5, 5.41) is 1.85. The Labute approximate surface area is 127 Å². The van der Waals surface area contributed by atoms with Crippen molar-refractivity contribution in [1.29, 1.82) is 0 Å². The molecule has 3 aromatic rings. The van der Waals surface area contributed by atoms with E-state index < -0.39 is 0 Å². The molecule has 0 saturated carbocycles. The predicted molar refractivity (Wildman–Crippen MR) is 85.2 cm³/mol. The minimum atomic E-state index is -0.218. The summed E-state index contributed by atoms with van der Waals surface area (Å²) >= 11 is 6.11. The van der Waals surface area contributed by atoms with Gasteiger partial charge in [-0.3, -0.25) is 0 Å². The van der Waals surface area contributed by atoms with Gasteiger partial charge in [-0.15, -0.1) is 0 Å². The highest BCUT2D eigenvalue weighted by molar-refractivity contribution is 6.31. The summed E-state index contributed by atoms with van der Waals surface area (Å²) in [5.74, 6) is -0.218. The van der Waals surface area contributed by atoms with Crippen LogP contribution in [0, 0.1) is 5.82 Å². The lowest BCUT2D eigenvalue weighted by molar-refractivity contribution is 0.624. The second kappa shape index (κ2) is 5.88. The van der Waals surface area contributed by atoms with E-state index in [1.807, 2.05) is 24.3 Å². The third-order valence-electron chi connectivity index (χ3n) is 3.58. The summed E-state index contributed by atoms with van der Waals surface area (Å²) in [5.41, 5.74) is 8.85. The van der Waals surface area contributed by atoms with Crippen molar-refractivity contribution in [2.75, 3.05) is 6.54 Å². The van der Waals surface area contributed by atoms with Gasteiger partial charge in [-0.2, -0.15) is 0 Å². The first kappa shape index (κ1) is 14.1. The molecule has 0 atom stereocenters. The summed E-state index contributed by atoms with van der Waals surface area (Å²) in [4.78, 5) is 0. The Bertz CT molecular complexity index is 780. The summed E-state index contributed by atoms with van der Waals surface area (Å²) in [6.07, 6.45) is 2.90. The Morgan fingerprint density at radius 3 is 2.76 bits per heavy atom. The molecule has 4 heteroatoms. The molecule has 0 aliphatic heterocycles. The molecule has 0 spiro atoms. The molecule has 21 heavy (non-hydrogen) atoms. The largest absolute Gasteiger partial charge is 0.343 e. The van der Waals surface area contributed by atoms with E-state index in [0.29, 0.717) is 18.1 Å². The van der Waals surface area contributed by atoms with Crippen molar-refractivity contribution in [2.45, 2.75) is 13.0 Å². The minimum absolute atomic E-state index is 0.218. The van der Waals surface area contributed by atoms with E-state index in [0.717, 1.165) is 22.9 Å². The second-order valence-electron chi connectivity index (χ2n) is 5.11. The Morgan fingerprint density at radius 2 is 2.00 bits per heavy atom. The molecule has 1 heterocycles. The number of fused-ring (bicyclic) bond motifs is 1. The molecule has 1 aromatic heterocycles. The maximum atomic E-state index is 13.3. The molecule has 0 bridgehead atoms. The molecule has 0 aliphatic carbocycles. The van der Waals surface area contributed by atoms with Crippen molar-refractivity contribution in [2.24, 2.45) is 5.73 Å². The van der Waals surface area contributed by atoms with Gasteiger partial charge in [-0.05, 0) is 48.4 Å². The van der Waals surface area contributed by atoms with E-state index in [2.05, 4.69) is 10.8 Å². The van der Waals surface area contributed by atoms with E-state index in [9.17, 15) is 4.39 Å². The standard InChI is InChI=1S/C17H16ClFN2/c18-14-4-5-16-13(6-7-20)11-21(17(16)9-14)10-12-2-1-3-15(19)8-12/h1-5,8-9,11H,6-7,10,20H2. The smallest absolute Gasteiger partial charge is 0.123 e. The number of nitrogens with zero attached hydrogens (tertiary/aromatic N) is 1. The van der Waals surface area contributed by atoms with Crippen LogP contribution >= 0.6 is 11.6 Å². The highest BCUT2D eigenvalue weighted by Gasteiger charge is 2.09. The molecule has 0 radical (unpaired) electrons. The quantitative estimate of drug-likeness (QED) is 0.776. The van der Waals surface area contributed by atoms with Crippen molar-refractivity contribution >= 4 is 22.5 Å². The van der Waals surface area contributed by atoms with Gasteiger partial charge in [0.2, 0.25) is 0 Å². The van der Waals surface area contributed by atoms with Crippen LogP contribution in [0.4, 0.5) is 4.39 Å². The normalized spacial score (nSPS) is 11.2. The summed E-state index contributed by atoms with van der Waals surface area (Å²) in [6.45, 7) is 1.21. The Hall–Kier alpha value is -1.84. The Morgan fingerprint density at radius 1 is 1.14 bits per heavy atom. The average molecular weight is 303 g/mol. The second-order valence-corrected chi connectivity index (χ2v) is 5.55. The summed E-state index contributed by atoms with van der Waals surface area (Å²) in [7, 11) is 0. The van der Waals surface area contributed by atoms with Gasteiger partial charge in [0.15, 0.2) is 0 Å². The molecule has 108 valence electrons. The first-order valence-corrected chi connectivity index (χ1v) is 7.27. The number of rotatable bonds is 4. The van der Waals surface area contributed by atoms with Gasteiger partial charge >= 0.3 is 0 Å². The monoisotopic (exact) mass is 302 g/mol. The first-order valence-electron chi connectivity index (χ1n) is 6.89. The molecule has 2 aromatic carbocycles. The number of benzene rings is 2. The van der Waals surface area contributed by atoms with Crippen molar-refractivity contribution in [1.82, 2.24) is 4.57 Å². The topological polar surface area (TPSA) is 30.9 Å². The zero-order valence-corrected chi connectivity index (χ0v) is 12.3. The third kappa shape index (κ3) is 2.94. The zero-order chi connectivity index (χ0) is 14.8. The maximum Gasteiger partial charge on any atom is 0.123 e. The molecule has 0 aliphatic rings. The van der Waals surface area contributed by atoms with Crippen LogP contribution in [0.25, 0.3) is 10.9 Å². The van der Waals surface area contributed by atoms with Crippen LogP contribution in [0.2, 0.25) is 5.02 Å². The Balaban J connectivity index is 2.06. The van der Waals surface area contributed by atoms with Gasteiger partial charge in [0, 0.05) is 23.2 Å². The van der Waals surface area contributed by atoms with Crippen molar-refractivity contribution in [3.05, 3.63) is 70.6 Å². The van der Waals surface area contributed by atoms with Crippen molar-refractivity contribution in [3.63, 3.8) is 0 Å². The lowest BCUT2D eigenvalue weighted by Crippen LogP contribution is -2.02. The average Bonchev–Trinajstić information content (AvgIpc) is 2.77. The van der Waals surface area contributed by atoms with Crippen molar-refractivity contribution in [3.8, 4) is 0 Å². The van der Waals surface area contributed by atoms with Gasteiger partial charge in [0.25, 0.3) is 0 Å². The SMILES string of the molecule is NCCc1cn(Cc2cccc(F)c2)c2cc(Cl)ccc12. The number of hydrogen-bond acceptors (Lipinski definition) is 1. The lowest BCUT2D eigenvalue weighted by Gasteiger charge is -2.06. The molecule has 0 amide bonds. The van der Waals surface area contributed by atoms with E-state index in [1.54, 1.807) is 12.1 Å². The van der Waals surface area contributed by atoms with Gasteiger partial charge in [0.05, 0.1) is 5.52 Å². The number of halogens is 2. The first-order chi connectivity index (χ1) is 10.2. The predicted octanol–water partition coefficient (Wildman–Crippen LogP) is 3.98. The van der Waals surface area contributed by atoms with E-state index in [-0.39, 0.29) is 5.82 Å². The van der Waals surface area contributed by atoms with E-state index >= 15 is 0 Å². The fourth-order valence-corrected chi connectivity index (χ4v) is 2.83. The van der Waals surface area contributed by atoms with Crippen LogP contribution in [0.15, 0.2) is 48.7 Å². The number of hydrogen-bond donors (Lipinski definition) is 1. The highest BCUT2D eigenvalue weighted by atomic mass is 35.5. The molecular weight excluding hydrogens is 287 g/mol. The zero-order valence-electron chi connectivity index (χ0n) is 11.5. The molecule has 0 unspecified atom stereocenters. The van der Waals surface area contributed by atoms with Gasteiger partial charge in [-0.25, -0.2) is 4.39 Å². The number of aromatic nitrogens is 1. The summed E-state index contributed by atoms with van der Waals surface area (Å²) < 4.78 is 15.4. The molecule has 0 fully saturated rings. The van der Waals surface area contributed by atoms with Gasteiger partial charge in [-0.1, -0.05) is 29.8 Å². The molecule has 0 saturated heterocycles. The van der Waals surface area contributed by atoms with Crippen LogP contribution in [-0.4, -0.2) is 11.1 Å². The third-order valence-corrected chi connectivity index (χ3v) is 3.82. The van der Waals surface area contributed by atoms with Gasteiger partial charge in [0.1, 0.15) is 5.82 Å². The summed E-state index contributed by atoms with van der Waals surface area (Å²) in [6, 6.07) is 12.5.